The molecule has 0 radical (unpaired) electrons. The molecule has 0 heterocycles. The molecular weight excluding hydrogens is 725 g/mol. The molecule has 0 saturated heterocycles. The van der Waals surface area contributed by atoms with Crippen LogP contribution >= 0.6 is 7.82 Å². The second kappa shape index (κ2) is 42.6. The molecule has 0 amide bonds. The van der Waals surface area contributed by atoms with Crippen LogP contribution in [0.1, 0.15) is 200 Å². The lowest BCUT2D eigenvalue weighted by Gasteiger charge is -2.19. The van der Waals surface area contributed by atoms with E-state index >= 15 is 0 Å². The fourth-order valence-electron chi connectivity index (χ4n) is 6.09. The number of nitrogens with two attached hydrogens (primary N) is 1. The standard InChI is InChI=1S/C46H84NO8P/c1-3-5-7-9-11-13-15-17-19-21-22-23-25-27-29-31-33-35-37-39-46(49)55-44(43-54-56(50,51)53-41-40-47)42-52-45(48)38-36-34-32-30-28-26-24-20-18-16-14-12-10-8-6-4-2/h11,13,17,19,22-23,27,29,44H,3-10,12,14-16,18,20-21,24-26,28,30-43,47H2,1-2H3,(H,50,51)/b13-11-,19-17-,23-22-,29-27-/t44-/m1/s1. The first-order valence-corrected chi connectivity index (χ1v) is 24.1. The summed E-state index contributed by atoms with van der Waals surface area (Å²) < 4.78 is 32.8. The lowest BCUT2D eigenvalue weighted by Crippen LogP contribution is -2.29. The summed E-state index contributed by atoms with van der Waals surface area (Å²) in [4.78, 5) is 34.9. The molecule has 0 aromatic carbocycles. The normalized spacial score (nSPS) is 13.7. The molecule has 0 saturated carbocycles. The molecule has 3 N–H and O–H groups in total. The fourth-order valence-corrected chi connectivity index (χ4v) is 6.85. The summed E-state index contributed by atoms with van der Waals surface area (Å²) in [5.74, 6) is -0.861. The molecule has 1 unspecified atom stereocenters. The van der Waals surface area contributed by atoms with Gasteiger partial charge in [-0.1, -0.05) is 178 Å². The van der Waals surface area contributed by atoms with Gasteiger partial charge < -0.3 is 20.1 Å². The highest BCUT2D eigenvalue weighted by molar-refractivity contribution is 7.47. The maximum Gasteiger partial charge on any atom is 0.472 e. The first kappa shape index (κ1) is 54.0. The van der Waals surface area contributed by atoms with Crippen LogP contribution in [0.25, 0.3) is 0 Å². The van der Waals surface area contributed by atoms with Gasteiger partial charge in [0.05, 0.1) is 13.2 Å². The van der Waals surface area contributed by atoms with E-state index < -0.39 is 26.5 Å². The van der Waals surface area contributed by atoms with Crippen LogP contribution in [-0.2, 0) is 32.7 Å². The number of rotatable bonds is 42. The van der Waals surface area contributed by atoms with Crippen molar-refractivity contribution in [1.82, 2.24) is 0 Å². The third kappa shape index (κ3) is 41.6. The number of ether oxygens (including phenoxy) is 2. The topological polar surface area (TPSA) is 134 Å². The van der Waals surface area contributed by atoms with Gasteiger partial charge in [-0.2, -0.15) is 0 Å². The summed E-state index contributed by atoms with van der Waals surface area (Å²) in [5, 5.41) is 0. The monoisotopic (exact) mass is 810 g/mol. The van der Waals surface area contributed by atoms with E-state index in [4.69, 9.17) is 24.3 Å². The van der Waals surface area contributed by atoms with E-state index in [1.165, 1.54) is 109 Å². The third-order valence-corrected chi connectivity index (χ3v) is 10.5. The van der Waals surface area contributed by atoms with Crippen LogP contribution in [0, 0.1) is 0 Å². The second-order valence-corrected chi connectivity index (χ2v) is 16.4. The molecular formula is C46H84NO8P. The van der Waals surface area contributed by atoms with Gasteiger partial charge in [0.1, 0.15) is 6.61 Å². The molecule has 0 bridgehead atoms. The molecule has 0 spiro atoms. The molecule has 10 heteroatoms. The SMILES string of the molecule is CCCCC/C=C\C/C=C\C/C=C\C/C=C\CCCCCC(=O)O[C@H](COC(=O)CCCCCCCCCCCCCCCCCC)COP(=O)(O)OCCN. The quantitative estimate of drug-likeness (QED) is 0.0267. The van der Waals surface area contributed by atoms with Crippen molar-refractivity contribution in [3.8, 4) is 0 Å². The number of carbonyl (C=O) groups is 2. The van der Waals surface area contributed by atoms with Crippen LogP contribution in [0.15, 0.2) is 48.6 Å². The highest BCUT2D eigenvalue weighted by Crippen LogP contribution is 2.43. The Hall–Kier alpha value is -2.03. The first-order chi connectivity index (χ1) is 27.3. The van der Waals surface area contributed by atoms with E-state index in [1.54, 1.807) is 0 Å². The van der Waals surface area contributed by atoms with Gasteiger partial charge in [0.15, 0.2) is 6.10 Å². The minimum Gasteiger partial charge on any atom is -0.462 e. The van der Waals surface area contributed by atoms with Crippen molar-refractivity contribution < 1.29 is 37.6 Å². The second-order valence-electron chi connectivity index (χ2n) is 14.9. The summed E-state index contributed by atoms with van der Waals surface area (Å²) in [6.45, 7) is 3.68. The molecule has 56 heavy (non-hydrogen) atoms. The Bertz CT molecular complexity index is 1060. The first-order valence-electron chi connectivity index (χ1n) is 22.6. The van der Waals surface area contributed by atoms with Crippen LogP contribution in [-0.4, -0.2) is 49.3 Å². The average Bonchev–Trinajstić information content (AvgIpc) is 3.18. The van der Waals surface area contributed by atoms with Gasteiger partial charge in [0, 0.05) is 19.4 Å². The van der Waals surface area contributed by atoms with Crippen LogP contribution < -0.4 is 5.73 Å². The van der Waals surface area contributed by atoms with E-state index in [0.717, 1.165) is 57.8 Å². The Morgan fingerprint density at radius 2 is 0.929 bits per heavy atom. The molecule has 0 fully saturated rings. The van der Waals surface area contributed by atoms with E-state index in [1.807, 2.05) is 0 Å². The largest absolute Gasteiger partial charge is 0.472 e. The zero-order valence-electron chi connectivity index (χ0n) is 35.9. The van der Waals surface area contributed by atoms with E-state index in [2.05, 4.69) is 62.5 Å². The van der Waals surface area contributed by atoms with Gasteiger partial charge >= 0.3 is 19.8 Å². The zero-order chi connectivity index (χ0) is 41.1. The lowest BCUT2D eigenvalue weighted by atomic mass is 10.0. The summed E-state index contributed by atoms with van der Waals surface area (Å²) in [6, 6.07) is 0. The number of hydrogen-bond acceptors (Lipinski definition) is 8. The number of allylic oxidation sites excluding steroid dienone is 8. The molecule has 0 rings (SSSR count). The van der Waals surface area contributed by atoms with Crippen molar-refractivity contribution >= 4 is 19.8 Å². The predicted octanol–water partition coefficient (Wildman–Crippen LogP) is 13.1. The number of phosphoric acid groups is 1. The summed E-state index contributed by atoms with van der Waals surface area (Å²) in [7, 11) is -4.39. The van der Waals surface area contributed by atoms with Gasteiger partial charge in [-0.05, 0) is 57.8 Å². The van der Waals surface area contributed by atoms with Crippen LogP contribution in [0.5, 0.6) is 0 Å². The van der Waals surface area contributed by atoms with E-state index in [0.29, 0.717) is 6.42 Å². The summed E-state index contributed by atoms with van der Waals surface area (Å²) in [6.07, 6.45) is 48.5. The molecule has 2 atom stereocenters. The van der Waals surface area contributed by atoms with E-state index in [9.17, 15) is 19.0 Å². The van der Waals surface area contributed by atoms with Gasteiger partial charge in [-0.25, -0.2) is 4.57 Å². The van der Waals surface area contributed by atoms with Crippen LogP contribution in [0.4, 0.5) is 0 Å². The van der Waals surface area contributed by atoms with Gasteiger partial charge in [-0.3, -0.25) is 18.6 Å². The molecule has 326 valence electrons. The highest BCUT2D eigenvalue weighted by Gasteiger charge is 2.26. The summed E-state index contributed by atoms with van der Waals surface area (Å²) in [5.41, 5.74) is 5.35. The Labute approximate surface area is 343 Å². The molecule has 0 aromatic rings. The molecule has 0 aromatic heterocycles. The Kier molecular flexibility index (Phi) is 41.0. The third-order valence-electron chi connectivity index (χ3n) is 9.47. The number of carbonyl (C=O) groups excluding carboxylic acids is 2. The van der Waals surface area contributed by atoms with Gasteiger partial charge in [0.2, 0.25) is 0 Å². The number of phosphoric ester groups is 1. The van der Waals surface area contributed by atoms with Crippen molar-refractivity contribution in [2.75, 3.05) is 26.4 Å². The van der Waals surface area contributed by atoms with Crippen molar-refractivity contribution in [1.29, 1.82) is 0 Å². The van der Waals surface area contributed by atoms with Crippen molar-refractivity contribution in [3.05, 3.63) is 48.6 Å². The molecule has 0 aliphatic rings. The average molecular weight is 810 g/mol. The molecule has 0 aliphatic heterocycles. The lowest BCUT2D eigenvalue weighted by molar-refractivity contribution is -0.161. The Morgan fingerprint density at radius 3 is 1.41 bits per heavy atom. The van der Waals surface area contributed by atoms with Crippen molar-refractivity contribution in [2.24, 2.45) is 5.73 Å². The highest BCUT2D eigenvalue weighted by atomic mass is 31.2. The fraction of sp³-hybridized carbons (Fsp3) is 0.783. The van der Waals surface area contributed by atoms with Crippen LogP contribution in [0.3, 0.4) is 0 Å². The number of hydrogen-bond donors (Lipinski definition) is 2. The molecule has 9 nitrogen and oxygen atoms in total. The van der Waals surface area contributed by atoms with E-state index in [-0.39, 0.29) is 38.6 Å². The maximum atomic E-state index is 12.6. The maximum absolute atomic E-state index is 12.6. The van der Waals surface area contributed by atoms with Gasteiger partial charge in [0.25, 0.3) is 0 Å². The molecule has 0 aliphatic carbocycles. The Morgan fingerprint density at radius 1 is 0.536 bits per heavy atom. The number of unbranched alkanes of at least 4 members (excludes halogenated alkanes) is 21. The minimum atomic E-state index is -4.39. The summed E-state index contributed by atoms with van der Waals surface area (Å²) >= 11 is 0. The Balaban J connectivity index is 4.19. The van der Waals surface area contributed by atoms with Crippen LogP contribution in [0.2, 0.25) is 0 Å². The zero-order valence-corrected chi connectivity index (χ0v) is 36.8. The smallest absolute Gasteiger partial charge is 0.462 e. The number of esters is 2. The minimum absolute atomic E-state index is 0.0473. The van der Waals surface area contributed by atoms with Crippen molar-refractivity contribution in [3.63, 3.8) is 0 Å². The predicted molar refractivity (Wildman–Crippen MR) is 233 cm³/mol. The van der Waals surface area contributed by atoms with Gasteiger partial charge in [-0.15, -0.1) is 0 Å². The van der Waals surface area contributed by atoms with Crippen molar-refractivity contribution in [2.45, 2.75) is 206 Å².